The van der Waals surface area contributed by atoms with Crippen LogP contribution in [0.15, 0.2) is 60.7 Å². The molecule has 3 aromatic rings. The largest absolute Gasteiger partial charge is 0.497 e. The number of anilines is 1. The van der Waals surface area contributed by atoms with Gasteiger partial charge in [0.25, 0.3) is 5.91 Å². The average Bonchev–Trinajstić information content (AvgIpc) is 3.22. The van der Waals surface area contributed by atoms with Gasteiger partial charge < -0.3 is 24.2 Å². The van der Waals surface area contributed by atoms with Crippen molar-refractivity contribution in [2.75, 3.05) is 58.4 Å². The van der Waals surface area contributed by atoms with Crippen LogP contribution in [-0.2, 0) is 4.79 Å². The minimum absolute atomic E-state index is 0.0509. The number of carbonyl (C=O) groups is 2. The van der Waals surface area contributed by atoms with E-state index in [9.17, 15) is 9.59 Å². The summed E-state index contributed by atoms with van der Waals surface area (Å²) in [5.41, 5.74) is 2.25. The van der Waals surface area contributed by atoms with Gasteiger partial charge in [-0.3, -0.25) is 9.59 Å². The Morgan fingerprint density at radius 3 is 2.35 bits per heavy atom. The molecule has 9 heteroatoms. The van der Waals surface area contributed by atoms with E-state index in [2.05, 4.69) is 15.1 Å². The second-order valence-electron chi connectivity index (χ2n) is 8.78. The van der Waals surface area contributed by atoms with Gasteiger partial charge in [0.05, 0.1) is 19.9 Å². The number of ether oxygens (including phenoxy) is 2. The van der Waals surface area contributed by atoms with E-state index in [1.165, 1.54) is 0 Å². The number of carbonyl (C=O) groups excluding carboxylic acids is 2. The summed E-state index contributed by atoms with van der Waals surface area (Å²) >= 11 is 0. The number of rotatable bonds is 8. The molecule has 0 bridgehead atoms. The van der Waals surface area contributed by atoms with Crippen LogP contribution in [0.4, 0.5) is 5.82 Å². The second kappa shape index (κ2) is 12.2. The van der Waals surface area contributed by atoms with E-state index >= 15 is 0 Å². The monoisotopic (exact) mass is 503 g/mol. The summed E-state index contributed by atoms with van der Waals surface area (Å²) in [6, 6.07) is 18.6. The maximum absolute atomic E-state index is 13.1. The molecule has 9 nitrogen and oxygen atoms in total. The Morgan fingerprint density at radius 2 is 1.68 bits per heavy atom. The summed E-state index contributed by atoms with van der Waals surface area (Å²) in [6.07, 6.45) is 0.809. The first-order chi connectivity index (χ1) is 18.0. The molecule has 2 aromatic carbocycles. The van der Waals surface area contributed by atoms with Crippen LogP contribution < -0.4 is 14.4 Å². The summed E-state index contributed by atoms with van der Waals surface area (Å²) in [4.78, 5) is 31.6. The number of hydrogen-bond donors (Lipinski definition) is 0. The van der Waals surface area contributed by atoms with Crippen LogP contribution >= 0.6 is 0 Å². The first-order valence-electron chi connectivity index (χ1n) is 12.5. The number of amides is 2. The van der Waals surface area contributed by atoms with Crippen molar-refractivity contribution >= 4 is 17.6 Å². The van der Waals surface area contributed by atoms with Crippen molar-refractivity contribution in [1.82, 2.24) is 20.0 Å². The topological polar surface area (TPSA) is 88.1 Å². The lowest BCUT2D eigenvalue weighted by Gasteiger charge is -2.26. The van der Waals surface area contributed by atoms with Gasteiger partial charge in [-0.15, -0.1) is 10.2 Å². The molecule has 37 heavy (non-hydrogen) atoms. The quantitative estimate of drug-likeness (QED) is 0.466. The van der Waals surface area contributed by atoms with Crippen molar-refractivity contribution in [3.8, 4) is 22.8 Å². The highest BCUT2D eigenvalue weighted by molar-refractivity contribution is 5.96. The van der Waals surface area contributed by atoms with E-state index in [4.69, 9.17) is 9.47 Å². The van der Waals surface area contributed by atoms with Crippen molar-refractivity contribution in [2.45, 2.75) is 13.3 Å². The second-order valence-corrected chi connectivity index (χ2v) is 8.78. The van der Waals surface area contributed by atoms with Gasteiger partial charge in [-0.05, 0) is 61.9 Å². The molecule has 2 heterocycles. The molecule has 1 aliphatic rings. The summed E-state index contributed by atoms with van der Waals surface area (Å²) in [6.45, 7) is 5.01. The highest BCUT2D eigenvalue weighted by Gasteiger charge is 2.24. The smallest absolute Gasteiger partial charge is 0.254 e. The van der Waals surface area contributed by atoms with Crippen molar-refractivity contribution in [3.05, 3.63) is 66.2 Å². The zero-order chi connectivity index (χ0) is 26.2. The first kappa shape index (κ1) is 25.9. The maximum atomic E-state index is 13.1. The lowest BCUT2D eigenvalue weighted by Crippen LogP contribution is -2.44. The van der Waals surface area contributed by atoms with Crippen LogP contribution in [0.1, 0.15) is 23.7 Å². The van der Waals surface area contributed by atoms with Crippen LogP contribution in [0, 0.1) is 0 Å². The third kappa shape index (κ3) is 6.35. The fourth-order valence-corrected chi connectivity index (χ4v) is 4.33. The Labute approximate surface area is 217 Å². The van der Waals surface area contributed by atoms with E-state index in [0.717, 1.165) is 35.8 Å². The summed E-state index contributed by atoms with van der Waals surface area (Å²) in [5.74, 6) is 2.02. The van der Waals surface area contributed by atoms with Gasteiger partial charge in [-0.25, -0.2) is 0 Å². The lowest BCUT2D eigenvalue weighted by molar-refractivity contribution is -0.131. The highest BCUT2D eigenvalue weighted by Crippen LogP contribution is 2.23. The molecule has 1 aromatic heterocycles. The average molecular weight is 504 g/mol. The Morgan fingerprint density at radius 1 is 0.892 bits per heavy atom. The molecule has 194 valence electrons. The molecule has 0 aliphatic carbocycles. The Kier molecular flexibility index (Phi) is 8.56. The van der Waals surface area contributed by atoms with E-state index in [0.29, 0.717) is 37.5 Å². The SMILES string of the molecule is CCN(CC(=O)N1CCCN(c2ccc(-c3cccc(OC)c3)nn2)CC1)C(=O)c1ccc(OC)cc1. The predicted molar refractivity (Wildman–Crippen MR) is 142 cm³/mol. The molecule has 4 rings (SSSR count). The van der Waals surface area contributed by atoms with Gasteiger partial charge in [-0.1, -0.05) is 12.1 Å². The van der Waals surface area contributed by atoms with E-state index in [1.54, 1.807) is 43.4 Å². The normalized spacial score (nSPS) is 13.6. The third-order valence-electron chi connectivity index (χ3n) is 6.52. The zero-order valence-corrected chi connectivity index (χ0v) is 21.6. The minimum atomic E-state index is -0.165. The Bertz CT molecular complexity index is 1200. The number of nitrogens with zero attached hydrogens (tertiary/aromatic N) is 5. The van der Waals surface area contributed by atoms with Gasteiger partial charge >= 0.3 is 0 Å². The van der Waals surface area contributed by atoms with Crippen molar-refractivity contribution in [3.63, 3.8) is 0 Å². The molecule has 2 amide bonds. The zero-order valence-electron chi connectivity index (χ0n) is 21.6. The van der Waals surface area contributed by atoms with Gasteiger partial charge in [0.2, 0.25) is 5.91 Å². The van der Waals surface area contributed by atoms with E-state index in [-0.39, 0.29) is 18.4 Å². The van der Waals surface area contributed by atoms with Crippen LogP contribution in [-0.4, -0.2) is 85.3 Å². The molecule has 0 atom stereocenters. The van der Waals surface area contributed by atoms with Crippen molar-refractivity contribution in [1.29, 1.82) is 0 Å². The lowest BCUT2D eigenvalue weighted by atomic mass is 10.1. The maximum Gasteiger partial charge on any atom is 0.254 e. The van der Waals surface area contributed by atoms with Gasteiger partial charge in [0, 0.05) is 43.9 Å². The standard InChI is InChI=1S/C28H33N5O4/c1-4-31(28(35)21-9-11-23(36-2)12-10-21)20-27(34)33-16-6-15-32(17-18-33)26-14-13-25(29-30-26)22-7-5-8-24(19-22)37-3/h5,7-14,19H,4,6,15-18,20H2,1-3H3. The number of methoxy groups -OCH3 is 2. The first-order valence-corrected chi connectivity index (χ1v) is 12.5. The van der Waals surface area contributed by atoms with Crippen molar-refractivity contribution < 1.29 is 19.1 Å². The number of benzene rings is 2. The minimum Gasteiger partial charge on any atom is -0.497 e. The fourth-order valence-electron chi connectivity index (χ4n) is 4.33. The van der Waals surface area contributed by atoms with Gasteiger partial charge in [-0.2, -0.15) is 0 Å². The summed E-state index contributed by atoms with van der Waals surface area (Å²) < 4.78 is 10.5. The van der Waals surface area contributed by atoms with Gasteiger partial charge in [0.1, 0.15) is 18.0 Å². The number of likely N-dealkylation sites (N-methyl/N-ethyl adjacent to an activating group) is 1. The molecule has 0 spiro atoms. The van der Waals surface area contributed by atoms with Gasteiger partial charge in [0.15, 0.2) is 5.82 Å². The van der Waals surface area contributed by atoms with Crippen LogP contribution in [0.2, 0.25) is 0 Å². The molecule has 0 radical (unpaired) electrons. The predicted octanol–water partition coefficient (Wildman–Crippen LogP) is 3.36. The molecule has 1 fully saturated rings. The van der Waals surface area contributed by atoms with Crippen LogP contribution in [0.25, 0.3) is 11.3 Å². The molecule has 0 saturated carbocycles. The highest BCUT2D eigenvalue weighted by atomic mass is 16.5. The van der Waals surface area contributed by atoms with E-state index < -0.39 is 0 Å². The van der Waals surface area contributed by atoms with Crippen LogP contribution in [0.5, 0.6) is 11.5 Å². The summed E-state index contributed by atoms with van der Waals surface area (Å²) in [5, 5.41) is 8.86. The van der Waals surface area contributed by atoms with E-state index in [1.807, 2.05) is 48.2 Å². The Hall–Kier alpha value is -4.14. The van der Waals surface area contributed by atoms with Crippen molar-refractivity contribution in [2.24, 2.45) is 0 Å². The number of hydrogen-bond acceptors (Lipinski definition) is 7. The fraction of sp³-hybridized carbons (Fsp3) is 0.357. The third-order valence-corrected chi connectivity index (χ3v) is 6.52. The summed E-state index contributed by atoms with van der Waals surface area (Å²) in [7, 11) is 3.22. The number of aromatic nitrogens is 2. The Balaban J connectivity index is 1.35. The molecule has 1 aliphatic heterocycles. The molecular formula is C28H33N5O4. The molecule has 0 N–H and O–H groups in total. The molecule has 0 unspecified atom stereocenters. The molecule has 1 saturated heterocycles. The molecular weight excluding hydrogens is 470 g/mol. The van der Waals surface area contributed by atoms with Crippen LogP contribution in [0.3, 0.4) is 0 Å².